The van der Waals surface area contributed by atoms with Crippen LogP contribution in [0.15, 0.2) is 54.9 Å². The third-order valence-corrected chi connectivity index (χ3v) is 8.08. The van der Waals surface area contributed by atoms with Crippen molar-refractivity contribution in [1.82, 2.24) is 19.6 Å². The summed E-state index contributed by atoms with van der Waals surface area (Å²) in [7, 11) is 0. The zero-order chi connectivity index (χ0) is 27.0. The average molecular weight is 527 g/mol. The predicted molar refractivity (Wildman–Crippen MR) is 138 cm³/mol. The highest BCUT2D eigenvalue weighted by Gasteiger charge is 2.47. The molecule has 3 heterocycles. The Labute approximate surface area is 221 Å². The van der Waals surface area contributed by atoms with Crippen molar-refractivity contribution in [3.8, 4) is 5.75 Å². The summed E-state index contributed by atoms with van der Waals surface area (Å²) in [5.41, 5.74) is 3.16. The highest BCUT2D eigenvalue weighted by Crippen LogP contribution is 2.40. The molecule has 6 nitrogen and oxygen atoms in total. The summed E-state index contributed by atoms with van der Waals surface area (Å²) >= 11 is 0. The van der Waals surface area contributed by atoms with Crippen molar-refractivity contribution in [2.75, 3.05) is 19.7 Å². The number of aromatic nitrogens is 2. The number of aryl methyl sites for hydroxylation is 1. The van der Waals surface area contributed by atoms with E-state index in [4.69, 9.17) is 4.74 Å². The molecule has 2 aromatic carbocycles. The molecular weight excluding hydrogens is 493 g/mol. The number of carbonyl (C=O) groups excluding carboxylic acids is 1. The van der Waals surface area contributed by atoms with Gasteiger partial charge in [-0.25, -0.2) is 0 Å². The van der Waals surface area contributed by atoms with Crippen molar-refractivity contribution in [2.24, 2.45) is 0 Å². The van der Waals surface area contributed by atoms with Gasteiger partial charge in [-0.1, -0.05) is 6.07 Å². The highest BCUT2D eigenvalue weighted by atomic mass is 19.4. The molecule has 0 unspecified atom stereocenters. The first kappa shape index (κ1) is 26.3. The molecular formula is C29H33F3N4O2. The number of benzene rings is 2. The van der Waals surface area contributed by atoms with Crippen LogP contribution in [0.25, 0.3) is 0 Å². The molecule has 38 heavy (non-hydrogen) atoms. The molecule has 9 heteroatoms. The molecule has 0 N–H and O–H groups in total. The van der Waals surface area contributed by atoms with E-state index >= 15 is 0 Å². The van der Waals surface area contributed by atoms with Gasteiger partial charge in [0.25, 0.3) is 5.91 Å². The van der Waals surface area contributed by atoms with Gasteiger partial charge >= 0.3 is 6.18 Å². The molecule has 0 saturated carbocycles. The van der Waals surface area contributed by atoms with E-state index in [0.717, 1.165) is 49.4 Å². The van der Waals surface area contributed by atoms with Gasteiger partial charge in [-0.3, -0.25) is 14.4 Å². The molecule has 5 rings (SSSR count). The Morgan fingerprint density at radius 2 is 1.84 bits per heavy atom. The van der Waals surface area contributed by atoms with Crippen molar-refractivity contribution < 1.29 is 22.7 Å². The number of likely N-dealkylation sites (tertiary alicyclic amines) is 2. The van der Waals surface area contributed by atoms with E-state index in [2.05, 4.69) is 42.9 Å². The number of hydrogen-bond donors (Lipinski definition) is 0. The number of alkyl halides is 3. The number of rotatable bonds is 8. The molecule has 2 bridgehead atoms. The second-order valence-corrected chi connectivity index (χ2v) is 10.3. The Morgan fingerprint density at radius 1 is 1.08 bits per heavy atom. The van der Waals surface area contributed by atoms with Gasteiger partial charge in [-0.2, -0.15) is 18.3 Å². The summed E-state index contributed by atoms with van der Waals surface area (Å²) in [6, 6.07) is 11.1. The number of hydrogen-bond acceptors (Lipinski definition) is 4. The van der Waals surface area contributed by atoms with E-state index in [1.165, 1.54) is 23.3 Å². The Kier molecular flexibility index (Phi) is 7.22. The number of piperazine rings is 1. The molecule has 1 aromatic heterocycles. The lowest BCUT2D eigenvalue weighted by molar-refractivity contribution is -0.137. The van der Waals surface area contributed by atoms with Crippen LogP contribution in [-0.2, 0) is 12.7 Å². The largest absolute Gasteiger partial charge is 0.493 e. The Balaban J connectivity index is 1.19. The van der Waals surface area contributed by atoms with Crippen LogP contribution >= 0.6 is 0 Å². The van der Waals surface area contributed by atoms with Crippen molar-refractivity contribution in [1.29, 1.82) is 0 Å². The van der Waals surface area contributed by atoms with Crippen LogP contribution in [-0.4, -0.2) is 57.3 Å². The second kappa shape index (κ2) is 10.4. The Hall–Kier alpha value is -3.33. The predicted octanol–water partition coefficient (Wildman–Crippen LogP) is 5.65. The monoisotopic (exact) mass is 526 g/mol. The number of carbonyl (C=O) groups is 1. The Morgan fingerprint density at radius 3 is 2.47 bits per heavy atom. The van der Waals surface area contributed by atoms with Crippen LogP contribution < -0.4 is 4.74 Å². The molecule has 202 valence electrons. The van der Waals surface area contributed by atoms with Gasteiger partial charge in [0.05, 0.1) is 12.2 Å². The van der Waals surface area contributed by atoms with Crippen LogP contribution in [0.1, 0.15) is 58.4 Å². The van der Waals surface area contributed by atoms with Crippen molar-refractivity contribution in [2.45, 2.75) is 64.5 Å². The van der Waals surface area contributed by atoms with Crippen LogP contribution in [0.4, 0.5) is 13.2 Å². The van der Waals surface area contributed by atoms with Gasteiger partial charge in [0, 0.05) is 62.1 Å². The fourth-order valence-electron chi connectivity index (χ4n) is 5.83. The fraction of sp³-hybridized carbons (Fsp3) is 0.448. The minimum absolute atomic E-state index is 0.0658. The maximum atomic E-state index is 13.1. The molecule has 2 aliphatic rings. The molecule has 2 fully saturated rings. The summed E-state index contributed by atoms with van der Waals surface area (Å²) in [4.78, 5) is 17.3. The van der Waals surface area contributed by atoms with Gasteiger partial charge in [0.15, 0.2) is 0 Å². The SMILES string of the molecule is Cc1c(OCCCn2cccn2)ccc([C@H](C)N2C[C@H]3C[C@@H]2CN3C(=O)c2ccc(C(F)(F)F)cc2)c1C. The fourth-order valence-corrected chi connectivity index (χ4v) is 5.83. The quantitative estimate of drug-likeness (QED) is 0.356. The van der Waals surface area contributed by atoms with Crippen LogP contribution in [0.2, 0.25) is 0 Å². The normalized spacial score (nSPS) is 20.2. The number of nitrogens with zero attached hydrogens (tertiary/aromatic N) is 4. The lowest BCUT2D eigenvalue weighted by Crippen LogP contribution is -2.49. The van der Waals surface area contributed by atoms with Gasteiger partial charge in [-0.15, -0.1) is 0 Å². The molecule has 2 saturated heterocycles. The maximum Gasteiger partial charge on any atom is 0.416 e. The first-order valence-electron chi connectivity index (χ1n) is 13.1. The van der Waals surface area contributed by atoms with Crippen molar-refractivity contribution >= 4 is 5.91 Å². The van der Waals surface area contributed by atoms with E-state index < -0.39 is 11.7 Å². The number of fused-ring (bicyclic) bond motifs is 2. The van der Waals surface area contributed by atoms with Crippen LogP contribution in [0, 0.1) is 13.8 Å². The van der Waals surface area contributed by atoms with E-state index in [-0.39, 0.29) is 24.0 Å². The van der Waals surface area contributed by atoms with Gasteiger partial charge in [0.1, 0.15) is 5.75 Å². The van der Waals surface area contributed by atoms with Crippen LogP contribution in [0.3, 0.4) is 0 Å². The minimum Gasteiger partial charge on any atom is -0.493 e. The topological polar surface area (TPSA) is 50.6 Å². The molecule has 3 aromatic rings. The van der Waals surface area contributed by atoms with Gasteiger partial charge in [-0.05, 0) is 80.3 Å². The van der Waals surface area contributed by atoms with Crippen molar-refractivity contribution in [3.05, 3.63) is 82.7 Å². The van der Waals surface area contributed by atoms with Gasteiger partial charge < -0.3 is 9.64 Å². The molecule has 1 amide bonds. The number of halogens is 3. The first-order valence-corrected chi connectivity index (χ1v) is 13.1. The number of amides is 1. The third-order valence-electron chi connectivity index (χ3n) is 8.08. The summed E-state index contributed by atoms with van der Waals surface area (Å²) in [6.07, 6.45) is 1.06. The molecule has 3 atom stereocenters. The average Bonchev–Trinajstić information content (AvgIpc) is 3.66. The first-order chi connectivity index (χ1) is 18.1. The summed E-state index contributed by atoms with van der Waals surface area (Å²) in [5, 5.41) is 4.22. The summed E-state index contributed by atoms with van der Waals surface area (Å²) < 4.78 is 46.6. The third kappa shape index (κ3) is 5.16. The lowest BCUT2D eigenvalue weighted by atomic mass is 9.96. The van der Waals surface area contributed by atoms with Gasteiger partial charge in [0.2, 0.25) is 0 Å². The molecule has 0 radical (unpaired) electrons. The van der Waals surface area contributed by atoms with E-state index in [1.54, 1.807) is 6.20 Å². The molecule has 2 aliphatic heterocycles. The minimum atomic E-state index is -4.41. The summed E-state index contributed by atoms with van der Waals surface area (Å²) in [5.74, 6) is 0.704. The summed E-state index contributed by atoms with van der Waals surface area (Å²) in [6.45, 7) is 9.20. The Bertz CT molecular complexity index is 1270. The zero-order valence-corrected chi connectivity index (χ0v) is 21.9. The standard InChI is InChI=1S/C29H33F3N4O2/c1-19-20(2)27(38-15-5-14-34-13-4-12-33-34)11-10-26(19)21(3)35-17-25-16-24(35)18-36(25)28(37)22-6-8-23(9-7-22)29(30,31)32/h4,6-13,21,24-25H,5,14-18H2,1-3H3/t21-,24+,25+/m0/s1. The maximum absolute atomic E-state index is 13.1. The van der Waals surface area contributed by atoms with Crippen LogP contribution in [0.5, 0.6) is 5.75 Å². The molecule has 0 aliphatic carbocycles. The van der Waals surface area contributed by atoms with E-state index in [1.807, 2.05) is 21.8 Å². The zero-order valence-electron chi connectivity index (χ0n) is 21.9. The lowest BCUT2D eigenvalue weighted by Gasteiger charge is -2.38. The number of ether oxygens (including phenoxy) is 1. The smallest absolute Gasteiger partial charge is 0.416 e. The second-order valence-electron chi connectivity index (χ2n) is 10.3. The van der Waals surface area contributed by atoms with E-state index in [0.29, 0.717) is 18.7 Å². The highest BCUT2D eigenvalue weighted by molar-refractivity contribution is 5.94. The van der Waals surface area contributed by atoms with E-state index in [9.17, 15) is 18.0 Å². The molecule has 0 spiro atoms. The van der Waals surface area contributed by atoms with Crippen molar-refractivity contribution in [3.63, 3.8) is 0 Å².